The Labute approximate surface area is 154 Å². The minimum atomic E-state index is -0.116. The lowest BCUT2D eigenvalue weighted by atomic mass is 9.52. The molecule has 7 unspecified atom stereocenters. The Morgan fingerprint density at radius 1 is 1.27 bits per heavy atom. The molecular formula is C21H28N2O3. The smallest absolute Gasteiger partial charge is 0.309 e. The second-order valence-electron chi connectivity index (χ2n) is 8.77. The lowest BCUT2D eigenvalue weighted by Crippen LogP contribution is -2.57. The summed E-state index contributed by atoms with van der Waals surface area (Å²) in [6.07, 6.45) is 5.88. The van der Waals surface area contributed by atoms with E-state index in [2.05, 4.69) is 24.1 Å². The summed E-state index contributed by atoms with van der Waals surface area (Å²) in [5, 5.41) is 3.20. The fourth-order valence-electron chi connectivity index (χ4n) is 5.77. The SMILES string of the molecule is CC1C(=O)OC2C1CCC1(C)CCC(NC(=O)c3ccccn3)C(C)C21. The van der Waals surface area contributed by atoms with E-state index in [4.69, 9.17) is 4.74 Å². The predicted molar refractivity (Wildman–Crippen MR) is 97.3 cm³/mol. The van der Waals surface area contributed by atoms with Gasteiger partial charge in [0.25, 0.3) is 5.91 Å². The van der Waals surface area contributed by atoms with Crippen molar-refractivity contribution in [3.8, 4) is 0 Å². The monoisotopic (exact) mass is 356 g/mol. The van der Waals surface area contributed by atoms with E-state index in [-0.39, 0.29) is 41.3 Å². The molecule has 5 heteroatoms. The highest BCUT2D eigenvalue weighted by molar-refractivity contribution is 5.92. The summed E-state index contributed by atoms with van der Waals surface area (Å²) in [5.41, 5.74) is 0.646. The zero-order valence-corrected chi connectivity index (χ0v) is 15.8. The van der Waals surface area contributed by atoms with Gasteiger partial charge in [0.1, 0.15) is 11.8 Å². The summed E-state index contributed by atoms with van der Waals surface area (Å²) in [5.74, 6) is 0.741. The lowest BCUT2D eigenvalue weighted by molar-refractivity contribution is -0.153. The number of carbonyl (C=O) groups is 2. The van der Waals surface area contributed by atoms with Crippen molar-refractivity contribution >= 4 is 11.9 Å². The van der Waals surface area contributed by atoms with Crippen LogP contribution < -0.4 is 5.32 Å². The van der Waals surface area contributed by atoms with Crippen LogP contribution >= 0.6 is 0 Å². The predicted octanol–water partition coefficient (Wildman–Crippen LogP) is 3.20. The van der Waals surface area contributed by atoms with E-state index in [1.807, 2.05) is 19.1 Å². The number of ether oxygens (including phenoxy) is 1. The maximum absolute atomic E-state index is 12.6. The van der Waals surface area contributed by atoms with E-state index >= 15 is 0 Å². The normalized spacial score (nSPS) is 41.7. The first-order valence-corrected chi connectivity index (χ1v) is 9.83. The third kappa shape index (κ3) is 2.72. The molecule has 1 aliphatic heterocycles. The van der Waals surface area contributed by atoms with E-state index in [1.54, 1.807) is 12.3 Å². The van der Waals surface area contributed by atoms with Crippen LogP contribution in [0.4, 0.5) is 0 Å². The average Bonchev–Trinajstić information content (AvgIpc) is 2.92. The Kier molecular flexibility index (Phi) is 4.28. The number of rotatable bonds is 2. The van der Waals surface area contributed by atoms with Crippen molar-refractivity contribution in [2.75, 3.05) is 0 Å². The summed E-state index contributed by atoms with van der Waals surface area (Å²) in [4.78, 5) is 28.9. The van der Waals surface area contributed by atoms with Gasteiger partial charge in [-0.25, -0.2) is 0 Å². The van der Waals surface area contributed by atoms with Gasteiger partial charge in [-0.1, -0.05) is 26.8 Å². The number of hydrogen-bond acceptors (Lipinski definition) is 4. The molecular weight excluding hydrogens is 328 g/mol. The molecule has 0 bridgehead atoms. The van der Waals surface area contributed by atoms with Gasteiger partial charge in [-0.2, -0.15) is 0 Å². The highest BCUT2D eigenvalue weighted by atomic mass is 16.6. The molecule has 1 aromatic rings. The first-order valence-electron chi connectivity index (χ1n) is 9.83. The Morgan fingerprint density at radius 2 is 2.04 bits per heavy atom. The molecule has 0 aromatic carbocycles. The molecule has 3 aliphatic rings. The van der Waals surface area contributed by atoms with Crippen LogP contribution in [0.15, 0.2) is 24.4 Å². The maximum atomic E-state index is 12.6. The van der Waals surface area contributed by atoms with Gasteiger partial charge in [-0.15, -0.1) is 0 Å². The van der Waals surface area contributed by atoms with E-state index in [0.717, 1.165) is 25.7 Å². The van der Waals surface area contributed by atoms with E-state index in [1.165, 1.54) is 0 Å². The topological polar surface area (TPSA) is 68.3 Å². The van der Waals surface area contributed by atoms with Gasteiger partial charge in [0.05, 0.1) is 5.92 Å². The molecule has 2 saturated carbocycles. The summed E-state index contributed by atoms with van der Waals surface area (Å²) in [6.45, 7) is 6.56. The summed E-state index contributed by atoms with van der Waals surface area (Å²) < 4.78 is 5.86. The molecule has 2 aliphatic carbocycles. The van der Waals surface area contributed by atoms with Crippen LogP contribution in [0.1, 0.15) is 56.9 Å². The average molecular weight is 356 g/mol. The third-order valence-corrected chi connectivity index (χ3v) is 7.34. The molecule has 0 radical (unpaired) electrons. The molecule has 140 valence electrons. The molecule has 5 nitrogen and oxygen atoms in total. The molecule has 26 heavy (non-hydrogen) atoms. The molecule has 3 fully saturated rings. The highest BCUT2D eigenvalue weighted by Gasteiger charge is 2.58. The van der Waals surface area contributed by atoms with Crippen molar-refractivity contribution in [2.45, 2.75) is 58.6 Å². The van der Waals surface area contributed by atoms with Crippen LogP contribution in [0.3, 0.4) is 0 Å². The number of hydrogen-bond donors (Lipinski definition) is 1. The molecule has 0 spiro atoms. The zero-order chi connectivity index (χ0) is 18.5. The van der Waals surface area contributed by atoms with Gasteiger partial charge in [-0.3, -0.25) is 14.6 Å². The van der Waals surface area contributed by atoms with Crippen LogP contribution in [0.25, 0.3) is 0 Å². The Balaban J connectivity index is 1.54. The van der Waals surface area contributed by atoms with Crippen molar-refractivity contribution < 1.29 is 14.3 Å². The molecule has 1 amide bonds. The van der Waals surface area contributed by atoms with Crippen molar-refractivity contribution in [1.82, 2.24) is 10.3 Å². The minimum absolute atomic E-state index is 0.000219. The number of esters is 1. The van der Waals surface area contributed by atoms with Crippen molar-refractivity contribution in [3.05, 3.63) is 30.1 Å². The van der Waals surface area contributed by atoms with Gasteiger partial charge in [0.15, 0.2) is 0 Å². The number of nitrogens with one attached hydrogen (secondary N) is 1. The van der Waals surface area contributed by atoms with Gasteiger partial charge in [0, 0.05) is 24.1 Å². The number of pyridine rings is 1. The van der Waals surface area contributed by atoms with Gasteiger partial charge in [-0.05, 0) is 49.1 Å². The first kappa shape index (κ1) is 17.5. The number of carbonyl (C=O) groups excluding carboxylic acids is 2. The van der Waals surface area contributed by atoms with Crippen LogP contribution in [-0.2, 0) is 9.53 Å². The van der Waals surface area contributed by atoms with Crippen molar-refractivity contribution in [3.63, 3.8) is 0 Å². The Bertz CT molecular complexity index is 706. The van der Waals surface area contributed by atoms with E-state index in [0.29, 0.717) is 17.5 Å². The molecule has 1 saturated heterocycles. The quantitative estimate of drug-likeness (QED) is 0.826. The van der Waals surface area contributed by atoms with Gasteiger partial charge >= 0.3 is 5.97 Å². The van der Waals surface area contributed by atoms with Crippen LogP contribution in [-0.4, -0.2) is 29.0 Å². The maximum Gasteiger partial charge on any atom is 0.309 e. The minimum Gasteiger partial charge on any atom is -0.462 e. The zero-order valence-electron chi connectivity index (χ0n) is 15.8. The van der Waals surface area contributed by atoms with Gasteiger partial charge < -0.3 is 10.1 Å². The highest BCUT2D eigenvalue weighted by Crippen LogP contribution is 2.57. The Morgan fingerprint density at radius 3 is 2.77 bits per heavy atom. The fraction of sp³-hybridized carbons (Fsp3) is 0.667. The number of aromatic nitrogens is 1. The number of nitrogens with zero attached hydrogens (tertiary/aromatic N) is 1. The summed E-state index contributed by atoms with van der Waals surface area (Å²) in [7, 11) is 0. The second-order valence-corrected chi connectivity index (χ2v) is 8.77. The molecule has 4 rings (SSSR count). The van der Waals surface area contributed by atoms with Gasteiger partial charge in [0.2, 0.25) is 0 Å². The summed E-state index contributed by atoms with van der Waals surface area (Å²) >= 11 is 0. The fourth-order valence-corrected chi connectivity index (χ4v) is 5.77. The number of amides is 1. The van der Waals surface area contributed by atoms with Crippen LogP contribution in [0, 0.1) is 29.1 Å². The standard InChI is InChI=1S/C21H28N2O3/c1-12-14-7-9-21(3)10-8-15(13(2)17(21)18(14)26-20(12)25)23-19(24)16-6-4-5-11-22-16/h4-6,11-15,17-18H,7-10H2,1-3H3,(H,23,24). The molecule has 1 aromatic heterocycles. The molecule has 1 N–H and O–H groups in total. The number of fused-ring (bicyclic) bond motifs is 3. The second kappa shape index (κ2) is 6.36. The largest absolute Gasteiger partial charge is 0.462 e. The van der Waals surface area contributed by atoms with Crippen molar-refractivity contribution in [2.24, 2.45) is 29.1 Å². The van der Waals surface area contributed by atoms with E-state index in [9.17, 15) is 9.59 Å². The van der Waals surface area contributed by atoms with E-state index < -0.39 is 0 Å². The van der Waals surface area contributed by atoms with Crippen LogP contribution in [0.5, 0.6) is 0 Å². The Hall–Kier alpha value is -1.91. The molecule has 7 atom stereocenters. The lowest BCUT2D eigenvalue weighted by Gasteiger charge is -2.54. The van der Waals surface area contributed by atoms with Crippen LogP contribution in [0.2, 0.25) is 0 Å². The first-order chi connectivity index (χ1) is 12.4. The third-order valence-electron chi connectivity index (χ3n) is 7.34. The van der Waals surface area contributed by atoms with Crippen molar-refractivity contribution in [1.29, 1.82) is 0 Å². The molecule has 2 heterocycles. The summed E-state index contributed by atoms with van der Waals surface area (Å²) in [6, 6.07) is 5.47.